The van der Waals surface area contributed by atoms with E-state index >= 15 is 0 Å². The van der Waals surface area contributed by atoms with Crippen LogP contribution in [0.5, 0.6) is 0 Å². The maximum atomic E-state index is 12.9. The predicted octanol–water partition coefficient (Wildman–Crippen LogP) is 2.68. The number of aromatic nitrogens is 1. The van der Waals surface area contributed by atoms with Crippen LogP contribution in [0.1, 0.15) is 5.56 Å². The van der Waals surface area contributed by atoms with Gasteiger partial charge in [-0.3, -0.25) is 4.98 Å². The first kappa shape index (κ1) is 12.9. The molecule has 0 aliphatic carbocycles. The van der Waals surface area contributed by atoms with E-state index in [1.165, 1.54) is 0 Å². The molecule has 0 saturated carbocycles. The van der Waals surface area contributed by atoms with Crippen molar-refractivity contribution in [3.63, 3.8) is 0 Å². The van der Waals surface area contributed by atoms with Crippen LogP contribution in [0.2, 0.25) is 0 Å². The Labute approximate surface area is 108 Å². The highest BCUT2D eigenvalue weighted by Gasteiger charge is 2.05. The van der Waals surface area contributed by atoms with E-state index in [-0.39, 0.29) is 12.2 Å². The summed E-state index contributed by atoms with van der Waals surface area (Å²) in [6.07, 6.45) is 3.24. The molecular formula is C13H11F2N3O. The molecule has 0 aliphatic rings. The van der Waals surface area contributed by atoms with Crippen LogP contribution in [-0.2, 0) is 6.54 Å². The first-order chi connectivity index (χ1) is 9.13. The Hall–Kier alpha value is -2.50. The zero-order valence-electron chi connectivity index (χ0n) is 9.86. The Morgan fingerprint density at radius 1 is 1.21 bits per heavy atom. The number of carbonyl (C=O) groups excluding carboxylic acids is 1. The first-order valence-corrected chi connectivity index (χ1v) is 5.53. The maximum Gasteiger partial charge on any atom is 0.319 e. The van der Waals surface area contributed by atoms with Gasteiger partial charge in [-0.1, -0.05) is 6.07 Å². The summed E-state index contributed by atoms with van der Waals surface area (Å²) in [5.74, 6) is -1.50. The lowest BCUT2D eigenvalue weighted by molar-refractivity contribution is 0.251. The van der Waals surface area contributed by atoms with E-state index in [0.717, 1.165) is 23.8 Å². The lowest BCUT2D eigenvalue weighted by Crippen LogP contribution is -2.28. The number of anilines is 1. The van der Waals surface area contributed by atoms with Crippen molar-refractivity contribution in [2.24, 2.45) is 0 Å². The molecule has 0 unspecified atom stereocenters. The number of rotatable bonds is 3. The summed E-state index contributed by atoms with van der Waals surface area (Å²) in [7, 11) is 0. The van der Waals surface area contributed by atoms with E-state index in [2.05, 4.69) is 15.6 Å². The lowest BCUT2D eigenvalue weighted by Gasteiger charge is -2.07. The molecule has 0 saturated heterocycles. The number of amides is 2. The van der Waals surface area contributed by atoms with Gasteiger partial charge in [-0.2, -0.15) is 0 Å². The second-order valence-corrected chi connectivity index (χ2v) is 3.83. The van der Waals surface area contributed by atoms with E-state index in [4.69, 9.17) is 0 Å². The molecule has 0 spiro atoms. The molecule has 19 heavy (non-hydrogen) atoms. The predicted molar refractivity (Wildman–Crippen MR) is 66.5 cm³/mol. The van der Waals surface area contributed by atoms with Gasteiger partial charge in [0.1, 0.15) is 11.6 Å². The van der Waals surface area contributed by atoms with Gasteiger partial charge in [-0.05, 0) is 23.8 Å². The first-order valence-electron chi connectivity index (χ1n) is 5.53. The molecule has 0 fully saturated rings. The van der Waals surface area contributed by atoms with E-state index in [0.29, 0.717) is 0 Å². The van der Waals surface area contributed by atoms with E-state index < -0.39 is 17.7 Å². The van der Waals surface area contributed by atoms with Crippen molar-refractivity contribution < 1.29 is 13.6 Å². The Morgan fingerprint density at radius 2 is 1.95 bits per heavy atom. The summed E-state index contributed by atoms with van der Waals surface area (Å²) >= 11 is 0. The third kappa shape index (κ3) is 4.02. The maximum absolute atomic E-state index is 12.9. The minimum Gasteiger partial charge on any atom is -0.334 e. The van der Waals surface area contributed by atoms with Crippen LogP contribution >= 0.6 is 0 Å². The fourth-order valence-electron chi connectivity index (χ4n) is 1.49. The Bertz CT molecular complexity index is 555. The van der Waals surface area contributed by atoms with Crippen molar-refractivity contribution in [2.75, 3.05) is 5.32 Å². The highest BCUT2D eigenvalue weighted by Crippen LogP contribution is 2.12. The highest BCUT2D eigenvalue weighted by molar-refractivity contribution is 5.89. The second-order valence-electron chi connectivity index (χ2n) is 3.83. The quantitative estimate of drug-likeness (QED) is 0.894. The van der Waals surface area contributed by atoms with Gasteiger partial charge in [0, 0.05) is 30.7 Å². The van der Waals surface area contributed by atoms with Crippen LogP contribution in [0.15, 0.2) is 42.7 Å². The number of halogens is 2. The number of pyridine rings is 1. The van der Waals surface area contributed by atoms with Gasteiger partial charge in [0.15, 0.2) is 0 Å². The molecule has 0 aliphatic heterocycles. The molecule has 2 aromatic rings. The molecule has 1 aromatic carbocycles. The molecule has 1 heterocycles. The zero-order chi connectivity index (χ0) is 13.7. The zero-order valence-corrected chi connectivity index (χ0v) is 9.86. The monoisotopic (exact) mass is 263 g/mol. The number of nitrogens with zero attached hydrogens (tertiary/aromatic N) is 1. The summed E-state index contributed by atoms with van der Waals surface area (Å²) < 4.78 is 25.8. The summed E-state index contributed by atoms with van der Waals surface area (Å²) in [5, 5.41) is 4.89. The summed E-state index contributed by atoms with van der Waals surface area (Å²) in [5.41, 5.74) is 0.879. The third-order valence-electron chi connectivity index (χ3n) is 2.30. The molecule has 0 atom stereocenters. The van der Waals surface area contributed by atoms with Gasteiger partial charge in [0.05, 0.1) is 0 Å². The topological polar surface area (TPSA) is 54.0 Å². The van der Waals surface area contributed by atoms with Gasteiger partial charge in [-0.15, -0.1) is 0 Å². The molecule has 0 radical (unpaired) electrons. The van der Waals surface area contributed by atoms with Crippen LogP contribution in [0.25, 0.3) is 0 Å². The van der Waals surface area contributed by atoms with Gasteiger partial charge in [0.25, 0.3) is 0 Å². The summed E-state index contributed by atoms with van der Waals surface area (Å²) in [6, 6.07) is 5.80. The third-order valence-corrected chi connectivity index (χ3v) is 2.30. The molecule has 0 bridgehead atoms. The molecule has 2 rings (SSSR count). The molecule has 2 N–H and O–H groups in total. The summed E-state index contributed by atoms with van der Waals surface area (Å²) in [6.45, 7) is 0.275. The molecule has 4 nitrogen and oxygen atoms in total. The van der Waals surface area contributed by atoms with Crippen molar-refractivity contribution in [1.82, 2.24) is 10.3 Å². The van der Waals surface area contributed by atoms with Gasteiger partial charge in [0.2, 0.25) is 0 Å². The Morgan fingerprint density at radius 3 is 2.58 bits per heavy atom. The summed E-state index contributed by atoms with van der Waals surface area (Å²) in [4.78, 5) is 15.4. The normalized spacial score (nSPS) is 10.0. The SMILES string of the molecule is O=C(NCc1cccnc1)Nc1cc(F)cc(F)c1. The number of urea groups is 1. The van der Waals surface area contributed by atoms with Gasteiger partial charge in [-0.25, -0.2) is 13.6 Å². The van der Waals surface area contributed by atoms with Crippen molar-refractivity contribution >= 4 is 11.7 Å². The van der Waals surface area contributed by atoms with Crippen molar-refractivity contribution in [1.29, 1.82) is 0 Å². The van der Waals surface area contributed by atoms with Crippen LogP contribution in [0.3, 0.4) is 0 Å². The van der Waals surface area contributed by atoms with Crippen LogP contribution in [0, 0.1) is 11.6 Å². The fourth-order valence-corrected chi connectivity index (χ4v) is 1.49. The molecule has 6 heteroatoms. The Balaban J connectivity index is 1.91. The second kappa shape index (κ2) is 5.90. The van der Waals surface area contributed by atoms with Crippen molar-refractivity contribution in [2.45, 2.75) is 6.54 Å². The minimum atomic E-state index is -0.748. The molecule has 98 valence electrons. The number of benzene rings is 1. The lowest BCUT2D eigenvalue weighted by atomic mass is 10.3. The minimum absolute atomic E-state index is 0.0567. The highest BCUT2D eigenvalue weighted by atomic mass is 19.1. The fraction of sp³-hybridized carbons (Fsp3) is 0.0769. The van der Waals surface area contributed by atoms with E-state index in [1.54, 1.807) is 24.5 Å². The standard InChI is InChI=1S/C13H11F2N3O/c14-10-4-11(15)6-12(5-10)18-13(19)17-8-9-2-1-3-16-7-9/h1-7H,8H2,(H2,17,18,19). The van der Waals surface area contributed by atoms with Crippen molar-refractivity contribution in [3.8, 4) is 0 Å². The number of hydrogen-bond donors (Lipinski definition) is 2. The number of carbonyl (C=O) groups is 1. The van der Waals surface area contributed by atoms with E-state index in [1.807, 2.05) is 0 Å². The Kier molecular flexibility index (Phi) is 4.02. The molecule has 2 amide bonds. The smallest absolute Gasteiger partial charge is 0.319 e. The average molecular weight is 263 g/mol. The van der Waals surface area contributed by atoms with Crippen LogP contribution < -0.4 is 10.6 Å². The number of hydrogen-bond acceptors (Lipinski definition) is 2. The largest absolute Gasteiger partial charge is 0.334 e. The van der Waals surface area contributed by atoms with Gasteiger partial charge < -0.3 is 10.6 Å². The van der Waals surface area contributed by atoms with E-state index in [9.17, 15) is 13.6 Å². The van der Waals surface area contributed by atoms with Crippen molar-refractivity contribution in [3.05, 3.63) is 59.9 Å². The number of nitrogens with one attached hydrogen (secondary N) is 2. The van der Waals surface area contributed by atoms with Gasteiger partial charge >= 0.3 is 6.03 Å². The average Bonchev–Trinajstić information content (AvgIpc) is 2.36. The van der Waals surface area contributed by atoms with Crippen LogP contribution in [-0.4, -0.2) is 11.0 Å². The molecular weight excluding hydrogens is 252 g/mol. The van der Waals surface area contributed by atoms with Crippen LogP contribution in [0.4, 0.5) is 19.3 Å². The molecule has 1 aromatic heterocycles.